The van der Waals surface area contributed by atoms with E-state index >= 15 is 0 Å². The van der Waals surface area contributed by atoms with Crippen molar-refractivity contribution in [3.63, 3.8) is 0 Å². The average molecular weight is 353 g/mol. The predicted molar refractivity (Wildman–Crippen MR) is 97.5 cm³/mol. The number of imidazole rings is 1. The van der Waals surface area contributed by atoms with E-state index < -0.39 is 0 Å². The van der Waals surface area contributed by atoms with E-state index in [1.54, 1.807) is 12.3 Å². The van der Waals surface area contributed by atoms with Crippen molar-refractivity contribution in [1.82, 2.24) is 14.9 Å². The molecule has 1 amide bonds. The second kappa shape index (κ2) is 7.90. The van der Waals surface area contributed by atoms with E-state index in [0.717, 1.165) is 11.4 Å². The van der Waals surface area contributed by atoms with Crippen LogP contribution in [0.3, 0.4) is 0 Å². The number of Topliss-reactive ketones (excluding diaryl/α,β-unsaturated/α-hetero) is 1. The van der Waals surface area contributed by atoms with Gasteiger partial charge in [-0.15, -0.1) is 11.3 Å². The lowest BCUT2D eigenvalue weighted by atomic mass is 10.1. The summed E-state index contributed by atoms with van der Waals surface area (Å²) in [5.74, 6) is 0.587. The highest BCUT2D eigenvalue weighted by atomic mass is 32.1. The van der Waals surface area contributed by atoms with Gasteiger partial charge in [-0.1, -0.05) is 36.4 Å². The number of hydrogen-bond donors (Lipinski definition) is 1. The highest BCUT2D eigenvalue weighted by molar-refractivity contribution is 7.12. The molecular weight excluding hydrogens is 334 g/mol. The predicted octanol–water partition coefficient (Wildman–Crippen LogP) is 3.35. The average Bonchev–Trinajstić information content (AvgIpc) is 3.30. The minimum atomic E-state index is -0.342. The molecule has 128 valence electrons. The van der Waals surface area contributed by atoms with Crippen LogP contribution in [0, 0.1) is 0 Å². The zero-order valence-electron chi connectivity index (χ0n) is 13.9. The van der Waals surface area contributed by atoms with Gasteiger partial charge in [0.05, 0.1) is 4.88 Å². The minimum absolute atomic E-state index is 0.00148. The molecule has 1 unspecified atom stereocenters. The zero-order valence-corrected chi connectivity index (χ0v) is 14.7. The molecule has 0 radical (unpaired) electrons. The van der Waals surface area contributed by atoms with E-state index in [1.807, 2.05) is 59.6 Å². The number of rotatable bonds is 7. The first-order valence-electron chi connectivity index (χ1n) is 8.03. The highest BCUT2D eigenvalue weighted by Gasteiger charge is 2.21. The maximum atomic E-state index is 12.4. The lowest BCUT2D eigenvalue weighted by Crippen LogP contribution is -2.31. The molecule has 2 aromatic heterocycles. The summed E-state index contributed by atoms with van der Waals surface area (Å²) in [6.45, 7) is 0. The van der Waals surface area contributed by atoms with Crippen molar-refractivity contribution in [2.24, 2.45) is 7.05 Å². The first-order chi connectivity index (χ1) is 12.1. The molecule has 1 atom stereocenters. The van der Waals surface area contributed by atoms with Gasteiger partial charge in [-0.2, -0.15) is 0 Å². The Morgan fingerprint density at radius 3 is 2.60 bits per heavy atom. The van der Waals surface area contributed by atoms with Gasteiger partial charge in [0, 0.05) is 32.3 Å². The monoisotopic (exact) mass is 353 g/mol. The Hall–Kier alpha value is -2.73. The van der Waals surface area contributed by atoms with Crippen molar-refractivity contribution in [2.45, 2.75) is 18.9 Å². The summed E-state index contributed by atoms with van der Waals surface area (Å²) in [7, 11) is 1.89. The van der Waals surface area contributed by atoms with E-state index in [9.17, 15) is 9.59 Å². The smallest absolute Gasteiger partial charge is 0.221 e. The highest BCUT2D eigenvalue weighted by Crippen LogP contribution is 2.20. The second-order valence-corrected chi connectivity index (χ2v) is 6.66. The molecule has 0 aliphatic rings. The maximum Gasteiger partial charge on any atom is 0.221 e. The summed E-state index contributed by atoms with van der Waals surface area (Å²) in [5, 5.41) is 4.87. The normalized spacial score (nSPS) is 11.9. The molecule has 5 nitrogen and oxygen atoms in total. The van der Waals surface area contributed by atoms with Gasteiger partial charge in [-0.05, 0) is 17.0 Å². The molecule has 0 aliphatic heterocycles. The second-order valence-electron chi connectivity index (χ2n) is 5.71. The van der Waals surface area contributed by atoms with Crippen molar-refractivity contribution in [3.8, 4) is 0 Å². The Morgan fingerprint density at radius 1 is 1.16 bits per heavy atom. The largest absolute Gasteiger partial charge is 0.342 e. The van der Waals surface area contributed by atoms with Crippen LogP contribution in [0.2, 0.25) is 0 Å². The van der Waals surface area contributed by atoms with Crippen molar-refractivity contribution in [3.05, 3.63) is 76.5 Å². The molecule has 6 heteroatoms. The molecule has 0 fully saturated rings. The SMILES string of the molecule is Cn1ccnc1C(NC(=O)CCC(=O)c1cccs1)c1ccccc1. The zero-order chi connectivity index (χ0) is 17.6. The van der Waals surface area contributed by atoms with Crippen LogP contribution in [0.5, 0.6) is 0 Å². The summed E-state index contributed by atoms with van der Waals surface area (Å²) < 4.78 is 1.88. The van der Waals surface area contributed by atoms with Gasteiger partial charge >= 0.3 is 0 Å². The Kier molecular flexibility index (Phi) is 5.40. The fourth-order valence-corrected chi connectivity index (χ4v) is 3.31. The number of hydrogen-bond acceptors (Lipinski definition) is 4. The van der Waals surface area contributed by atoms with Crippen LogP contribution >= 0.6 is 11.3 Å². The standard InChI is InChI=1S/C19H19N3O2S/c1-22-12-11-20-19(22)18(14-6-3-2-4-7-14)21-17(24)10-9-15(23)16-8-5-13-25-16/h2-8,11-13,18H,9-10H2,1H3,(H,21,24). The summed E-state index contributed by atoms with van der Waals surface area (Å²) >= 11 is 1.40. The Labute approximate surface area is 150 Å². The van der Waals surface area contributed by atoms with Gasteiger partial charge < -0.3 is 9.88 Å². The summed E-state index contributed by atoms with van der Waals surface area (Å²) in [4.78, 5) is 29.5. The lowest BCUT2D eigenvalue weighted by Gasteiger charge is -2.19. The fourth-order valence-electron chi connectivity index (χ4n) is 2.62. The molecule has 0 aliphatic carbocycles. The molecular formula is C19H19N3O2S. The van der Waals surface area contributed by atoms with Gasteiger partial charge in [0.2, 0.25) is 5.91 Å². The molecule has 25 heavy (non-hydrogen) atoms. The molecule has 2 heterocycles. The van der Waals surface area contributed by atoms with Crippen molar-refractivity contribution >= 4 is 23.0 Å². The number of ketones is 1. The molecule has 1 aromatic carbocycles. The van der Waals surface area contributed by atoms with Gasteiger partial charge in [0.1, 0.15) is 11.9 Å². The molecule has 0 spiro atoms. The number of carbonyl (C=O) groups is 2. The number of aromatic nitrogens is 2. The van der Waals surface area contributed by atoms with Crippen molar-refractivity contribution in [1.29, 1.82) is 0 Å². The first kappa shape index (κ1) is 17.1. The number of amides is 1. The van der Waals surface area contributed by atoms with Gasteiger partial charge in [0.15, 0.2) is 5.78 Å². The lowest BCUT2D eigenvalue weighted by molar-refractivity contribution is -0.121. The molecule has 0 bridgehead atoms. The summed E-state index contributed by atoms with van der Waals surface area (Å²) in [6, 6.07) is 13.0. The van der Waals surface area contributed by atoms with Gasteiger partial charge in [-0.25, -0.2) is 4.98 Å². The van der Waals surface area contributed by atoms with E-state index in [2.05, 4.69) is 10.3 Å². The third kappa shape index (κ3) is 4.22. The Balaban J connectivity index is 1.69. The van der Waals surface area contributed by atoms with E-state index in [1.165, 1.54) is 11.3 Å². The van der Waals surface area contributed by atoms with Crippen LogP contribution in [0.1, 0.15) is 39.9 Å². The topological polar surface area (TPSA) is 64.0 Å². The Bertz CT molecular complexity index is 841. The molecule has 1 N–H and O–H groups in total. The summed E-state index contributed by atoms with van der Waals surface area (Å²) in [6.07, 6.45) is 3.91. The number of nitrogens with one attached hydrogen (secondary N) is 1. The molecule has 0 saturated carbocycles. The quantitative estimate of drug-likeness (QED) is 0.663. The molecule has 3 rings (SSSR count). The van der Waals surface area contributed by atoms with Crippen molar-refractivity contribution in [2.75, 3.05) is 0 Å². The van der Waals surface area contributed by atoms with E-state index in [4.69, 9.17) is 0 Å². The molecule has 3 aromatic rings. The number of nitrogens with zero attached hydrogens (tertiary/aromatic N) is 2. The van der Waals surface area contributed by atoms with Crippen LogP contribution in [-0.2, 0) is 11.8 Å². The third-order valence-corrected chi connectivity index (χ3v) is 4.84. The van der Waals surface area contributed by atoms with E-state index in [-0.39, 0.29) is 30.6 Å². The van der Waals surface area contributed by atoms with Crippen LogP contribution in [0.4, 0.5) is 0 Å². The van der Waals surface area contributed by atoms with Crippen molar-refractivity contribution < 1.29 is 9.59 Å². The third-order valence-electron chi connectivity index (χ3n) is 3.93. The van der Waals surface area contributed by atoms with Crippen LogP contribution in [-0.4, -0.2) is 21.2 Å². The van der Waals surface area contributed by atoms with Gasteiger partial charge in [0.25, 0.3) is 0 Å². The van der Waals surface area contributed by atoms with Gasteiger partial charge in [-0.3, -0.25) is 9.59 Å². The summed E-state index contributed by atoms with van der Waals surface area (Å²) in [5.41, 5.74) is 0.953. The van der Waals surface area contributed by atoms with E-state index in [0.29, 0.717) is 4.88 Å². The Morgan fingerprint density at radius 2 is 1.96 bits per heavy atom. The minimum Gasteiger partial charge on any atom is -0.342 e. The number of thiophene rings is 1. The number of aryl methyl sites for hydroxylation is 1. The first-order valence-corrected chi connectivity index (χ1v) is 8.91. The fraction of sp³-hybridized carbons (Fsp3) is 0.211. The maximum absolute atomic E-state index is 12.4. The number of carbonyl (C=O) groups excluding carboxylic acids is 2. The van der Waals surface area contributed by atoms with Crippen LogP contribution < -0.4 is 5.32 Å². The van der Waals surface area contributed by atoms with Crippen LogP contribution in [0.25, 0.3) is 0 Å². The number of benzene rings is 1. The molecule has 0 saturated heterocycles. The van der Waals surface area contributed by atoms with Crippen LogP contribution in [0.15, 0.2) is 60.2 Å².